The molecule has 0 radical (unpaired) electrons. The molecule has 1 N–H and O–H groups in total. The topological polar surface area (TPSA) is 95.3 Å². The summed E-state index contributed by atoms with van der Waals surface area (Å²) < 4.78 is 49.5. The third-order valence-electron chi connectivity index (χ3n) is 5.06. The highest BCUT2D eigenvalue weighted by molar-refractivity contribution is 5.92. The van der Waals surface area contributed by atoms with Gasteiger partial charge in [0.25, 0.3) is 5.89 Å². The number of rotatable bonds is 4. The Kier molecular flexibility index (Phi) is 5.42. The first-order valence-electron chi connectivity index (χ1n) is 9.53. The number of nitrogens with one attached hydrogen (secondary N) is 1. The van der Waals surface area contributed by atoms with Gasteiger partial charge in [-0.05, 0) is 43.2 Å². The molecule has 160 valence electrons. The molecule has 0 spiro atoms. The summed E-state index contributed by atoms with van der Waals surface area (Å²) in [5, 5.41) is 11.9. The van der Waals surface area contributed by atoms with Crippen LogP contribution in [0.25, 0.3) is 11.7 Å². The van der Waals surface area contributed by atoms with Crippen LogP contribution in [0.1, 0.15) is 24.1 Å². The lowest BCUT2D eigenvalue weighted by atomic mass is 9.95. The van der Waals surface area contributed by atoms with Crippen LogP contribution in [0.4, 0.5) is 24.7 Å². The second-order valence-electron chi connectivity index (χ2n) is 7.09. The van der Waals surface area contributed by atoms with E-state index in [1.165, 1.54) is 18.4 Å². The number of nitriles is 1. The summed E-state index contributed by atoms with van der Waals surface area (Å²) in [5.41, 5.74) is -0.590. The molecule has 1 aliphatic heterocycles. The first-order valence-corrected chi connectivity index (χ1v) is 9.53. The van der Waals surface area contributed by atoms with Crippen LogP contribution in [0.5, 0.6) is 0 Å². The first kappa shape index (κ1) is 20.5. The number of hydrogen-bond acceptors (Lipinski definition) is 6. The van der Waals surface area contributed by atoms with Crippen molar-refractivity contribution in [2.75, 3.05) is 23.3 Å². The Bertz CT molecular complexity index is 1110. The van der Waals surface area contributed by atoms with Gasteiger partial charge in [0.1, 0.15) is 6.07 Å². The van der Waals surface area contributed by atoms with Gasteiger partial charge >= 0.3 is 6.18 Å². The molecule has 0 atom stereocenters. The van der Waals surface area contributed by atoms with E-state index >= 15 is 0 Å². The molecule has 0 bridgehead atoms. The van der Waals surface area contributed by atoms with E-state index in [4.69, 9.17) is 8.83 Å². The molecule has 2 aromatic heterocycles. The van der Waals surface area contributed by atoms with Crippen LogP contribution in [-0.2, 0) is 11.0 Å². The Morgan fingerprint density at radius 1 is 1.23 bits per heavy atom. The maximum atomic E-state index is 12.9. The van der Waals surface area contributed by atoms with Crippen molar-refractivity contribution in [3.63, 3.8) is 0 Å². The molecule has 7 nitrogen and oxygen atoms in total. The number of benzene rings is 1. The fourth-order valence-corrected chi connectivity index (χ4v) is 3.47. The zero-order valence-corrected chi connectivity index (χ0v) is 16.1. The zero-order chi connectivity index (χ0) is 22.0. The van der Waals surface area contributed by atoms with E-state index in [9.17, 15) is 23.2 Å². The van der Waals surface area contributed by atoms with E-state index in [1.54, 1.807) is 12.1 Å². The minimum Gasteiger partial charge on any atom is -0.459 e. The van der Waals surface area contributed by atoms with Crippen molar-refractivity contribution >= 4 is 17.5 Å². The van der Waals surface area contributed by atoms with Crippen LogP contribution >= 0.6 is 0 Å². The fraction of sp³-hybridized carbons (Fsp3) is 0.286. The molecule has 31 heavy (non-hydrogen) atoms. The third-order valence-corrected chi connectivity index (χ3v) is 5.06. The molecule has 0 saturated carbocycles. The lowest BCUT2D eigenvalue weighted by Crippen LogP contribution is -2.38. The zero-order valence-electron chi connectivity index (χ0n) is 16.1. The number of oxazole rings is 1. The van der Waals surface area contributed by atoms with Crippen molar-refractivity contribution in [2.24, 2.45) is 5.92 Å². The number of carbonyl (C=O) groups excluding carboxylic acids is 1. The maximum absolute atomic E-state index is 12.9. The van der Waals surface area contributed by atoms with E-state index in [1.807, 2.05) is 11.0 Å². The van der Waals surface area contributed by atoms with Gasteiger partial charge in [-0.25, -0.2) is 0 Å². The highest BCUT2D eigenvalue weighted by Gasteiger charge is 2.32. The van der Waals surface area contributed by atoms with Crippen LogP contribution in [0.15, 0.2) is 51.5 Å². The smallest absolute Gasteiger partial charge is 0.416 e. The first-order chi connectivity index (χ1) is 14.8. The van der Waals surface area contributed by atoms with Crippen molar-refractivity contribution in [3.8, 4) is 17.7 Å². The molecule has 1 saturated heterocycles. The highest BCUT2D eigenvalue weighted by Crippen LogP contribution is 2.33. The summed E-state index contributed by atoms with van der Waals surface area (Å²) in [5.74, 6) is 0.196. The summed E-state index contributed by atoms with van der Waals surface area (Å²) in [6, 6.07) is 9.89. The van der Waals surface area contributed by atoms with Crippen molar-refractivity contribution in [3.05, 3.63) is 53.9 Å². The molecule has 0 aliphatic carbocycles. The molecule has 1 amide bonds. The molecule has 3 aromatic rings. The van der Waals surface area contributed by atoms with Crippen LogP contribution in [0, 0.1) is 17.2 Å². The number of alkyl halides is 3. The van der Waals surface area contributed by atoms with Gasteiger partial charge in [0.15, 0.2) is 5.76 Å². The Labute approximate surface area is 175 Å². The lowest BCUT2D eigenvalue weighted by molar-refractivity contribution is -0.137. The van der Waals surface area contributed by atoms with Gasteiger partial charge in [0, 0.05) is 24.7 Å². The summed E-state index contributed by atoms with van der Waals surface area (Å²) >= 11 is 0. The number of furan rings is 1. The summed E-state index contributed by atoms with van der Waals surface area (Å²) in [7, 11) is 0. The largest absolute Gasteiger partial charge is 0.459 e. The van der Waals surface area contributed by atoms with Gasteiger partial charge in [-0.1, -0.05) is 6.07 Å². The van der Waals surface area contributed by atoms with Gasteiger partial charge in [-0.2, -0.15) is 23.4 Å². The highest BCUT2D eigenvalue weighted by atomic mass is 19.4. The number of aromatic nitrogens is 1. The van der Waals surface area contributed by atoms with Crippen molar-refractivity contribution in [2.45, 2.75) is 19.0 Å². The second kappa shape index (κ2) is 8.18. The molecule has 0 unspecified atom stereocenters. The predicted molar refractivity (Wildman–Crippen MR) is 104 cm³/mol. The Morgan fingerprint density at radius 2 is 2.00 bits per heavy atom. The number of hydrogen-bond donors (Lipinski definition) is 1. The summed E-state index contributed by atoms with van der Waals surface area (Å²) in [6.45, 7) is 0.865. The van der Waals surface area contributed by atoms with E-state index in [-0.39, 0.29) is 29.1 Å². The molecule has 4 rings (SSSR count). The van der Waals surface area contributed by atoms with E-state index in [0.717, 1.165) is 12.1 Å². The van der Waals surface area contributed by atoms with E-state index < -0.39 is 11.7 Å². The number of halogens is 3. The molecule has 1 fully saturated rings. The van der Waals surface area contributed by atoms with Gasteiger partial charge < -0.3 is 19.1 Å². The molecule has 10 heteroatoms. The number of anilines is 2. The number of piperidine rings is 1. The third kappa shape index (κ3) is 4.40. The standard InChI is InChI=1S/C21H17F3N4O3/c22-21(23,24)14-3-1-4-15(11-14)26-18(29)13-6-8-28(9-7-13)20-16(12-25)27-19(31-20)17-5-2-10-30-17/h1-5,10-11,13H,6-9H2,(H,26,29). The van der Waals surface area contributed by atoms with Crippen LogP contribution in [0.3, 0.4) is 0 Å². The SMILES string of the molecule is N#Cc1nc(-c2ccco2)oc1N1CCC(C(=O)Nc2cccc(C(F)(F)F)c2)CC1. The van der Waals surface area contributed by atoms with E-state index in [2.05, 4.69) is 10.3 Å². The van der Waals surface area contributed by atoms with Gasteiger partial charge in [-0.15, -0.1) is 0 Å². The lowest BCUT2D eigenvalue weighted by Gasteiger charge is -2.31. The average Bonchev–Trinajstić information content (AvgIpc) is 3.43. The number of nitrogens with zero attached hydrogens (tertiary/aromatic N) is 3. The molecule has 1 aromatic carbocycles. The van der Waals surface area contributed by atoms with Crippen LogP contribution in [0.2, 0.25) is 0 Å². The predicted octanol–water partition coefficient (Wildman–Crippen LogP) is 4.68. The molecular weight excluding hydrogens is 413 g/mol. The van der Waals surface area contributed by atoms with Crippen molar-refractivity contribution < 1.29 is 26.8 Å². The normalized spacial score (nSPS) is 15.0. The molecule has 3 heterocycles. The average molecular weight is 430 g/mol. The Hall–Kier alpha value is -3.74. The summed E-state index contributed by atoms with van der Waals surface area (Å²) in [6.07, 6.45) is -2.10. The minimum atomic E-state index is -4.48. The van der Waals surface area contributed by atoms with Gasteiger partial charge in [0.2, 0.25) is 17.5 Å². The van der Waals surface area contributed by atoms with E-state index in [0.29, 0.717) is 37.6 Å². The molecule has 1 aliphatic rings. The quantitative estimate of drug-likeness (QED) is 0.646. The van der Waals surface area contributed by atoms with Gasteiger partial charge in [-0.3, -0.25) is 4.79 Å². The summed E-state index contributed by atoms with van der Waals surface area (Å²) in [4.78, 5) is 18.5. The number of carbonyl (C=O) groups is 1. The molecular formula is C21H17F3N4O3. The fourth-order valence-electron chi connectivity index (χ4n) is 3.47. The monoisotopic (exact) mass is 430 g/mol. The Morgan fingerprint density at radius 3 is 2.65 bits per heavy atom. The van der Waals surface area contributed by atoms with Crippen molar-refractivity contribution in [1.29, 1.82) is 5.26 Å². The maximum Gasteiger partial charge on any atom is 0.416 e. The van der Waals surface area contributed by atoms with Crippen molar-refractivity contribution in [1.82, 2.24) is 4.98 Å². The van der Waals surface area contributed by atoms with Crippen LogP contribution in [-0.4, -0.2) is 24.0 Å². The van der Waals surface area contributed by atoms with Gasteiger partial charge in [0.05, 0.1) is 11.8 Å². The minimum absolute atomic E-state index is 0.104. The number of amides is 1. The Balaban J connectivity index is 1.40. The van der Waals surface area contributed by atoms with Crippen LogP contribution < -0.4 is 10.2 Å². The second-order valence-corrected chi connectivity index (χ2v) is 7.09.